The van der Waals surface area contributed by atoms with Crippen molar-refractivity contribution in [3.8, 4) is 0 Å². The van der Waals surface area contributed by atoms with Crippen molar-refractivity contribution >= 4 is 34.8 Å². The second kappa shape index (κ2) is 6.83. The summed E-state index contributed by atoms with van der Waals surface area (Å²) >= 11 is 11.9. The molecule has 0 aliphatic carbocycles. The molecule has 110 valence electrons. The third-order valence-corrected chi connectivity index (χ3v) is 3.81. The molecule has 3 nitrogen and oxygen atoms in total. The Morgan fingerprint density at radius 2 is 1.95 bits per heavy atom. The molecule has 2 aromatic carbocycles. The Morgan fingerprint density at radius 3 is 2.62 bits per heavy atom. The number of benzene rings is 2. The van der Waals surface area contributed by atoms with Gasteiger partial charge in [-0.1, -0.05) is 29.3 Å². The number of nitrogen functional groups attached to an aromatic ring is 1. The quantitative estimate of drug-likeness (QED) is 0.840. The van der Waals surface area contributed by atoms with E-state index < -0.39 is 0 Å². The predicted octanol–water partition coefficient (Wildman–Crippen LogP) is 3.86. The van der Waals surface area contributed by atoms with E-state index in [9.17, 15) is 4.79 Å². The minimum absolute atomic E-state index is 0.122. The highest BCUT2D eigenvalue weighted by atomic mass is 35.5. The number of halogens is 2. The summed E-state index contributed by atoms with van der Waals surface area (Å²) in [4.78, 5) is 12.0. The van der Waals surface area contributed by atoms with Crippen LogP contribution in [0.4, 0.5) is 5.69 Å². The first-order chi connectivity index (χ1) is 9.97. The molecular formula is C16H16Cl2N2O. The van der Waals surface area contributed by atoms with E-state index in [1.165, 1.54) is 0 Å². The average molecular weight is 323 g/mol. The first-order valence-corrected chi connectivity index (χ1v) is 7.31. The Bertz CT molecular complexity index is 671. The summed E-state index contributed by atoms with van der Waals surface area (Å²) in [6.07, 6.45) is 0.649. The summed E-state index contributed by atoms with van der Waals surface area (Å²) in [5.41, 5.74) is 8.86. The van der Waals surface area contributed by atoms with Crippen LogP contribution in [-0.4, -0.2) is 12.5 Å². The first kappa shape index (κ1) is 15.7. The van der Waals surface area contributed by atoms with Crippen molar-refractivity contribution in [1.82, 2.24) is 5.32 Å². The second-order valence-corrected chi connectivity index (χ2v) is 5.66. The van der Waals surface area contributed by atoms with Gasteiger partial charge in [-0.3, -0.25) is 4.79 Å². The molecule has 21 heavy (non-hydrogen) atoms. The van der Waals surface area contributed by atoms with Crippen molar-refractivity contribution in [2.45, 2.75) is 13.3 Å². The fraction of sp³-hybridized carbons (Fsp3) is 0.188. The molecule has 0 aromatic heterocycles. The molecule has 0 saturated heterocycles. The van der Waals surface area contributed by atoms with E-state index in [2.05, 4.69) is 5.32 Å². The summed E-state index contributed by atoms with van der Waals surface area (Å²) < 4.78 is 0. The van der Waals surface area contributed by atoms with E-state index in [1.54, 1.807) is 30.3 Å². The van der Waals surface area contributed by atoms with Crippen LogP contribution in [0.2, 0.25) is 10.0 Å². The number of hydrogen-bond acceptors (Lipinski definition) is 2. The third-order valence-electron chi connectivity index (χ3n) is 3.23. The lowest BCUT2D eigenvalue weighted by atomic mass is 10.1. The fourth-order valence-electron chi connectivity index (χ4n) is 1.95. The number of anilines is 1. The molecule has 2 aromatic rings. The standard InChI is InChI=1S/C16H16Cl2N2O/c1-10-8-12(3-5-15(10)19)16(21)20-7-6-11-2-4-13(17)9-14(11)18/h2-5,8-9H,6-7,19H2,1H3,(H,20,21). The number of rotatable bonds is 4. The summed E-state index contributed by atoms with van der Waals surface area (Å²) in [7, 11) is 0. The zero-order valence-electron chi connectivity index (χ0n) is 11.6. The van der Waals surface area contributed by atoms with Gasteiger partial charge in [0.15, 0.2) is 0 Å². The Morgan fingerprint density at radius 1 is 1.19 bits per heavy atom. The number of amides is 1. The summed E-state index contributed by atoms with van der Waals surface area (Å²) in [6, 6.07) is 10.6. The maximum Gasteiger partial charge on any atom is 0.251 e. The molecule has 0 bridgehead atoms. The van der Waals surface area contributed by atoms with Crippen LogP contribution >= 0.6 is 23.2 Å². The van der Waals surface area contributed by atoms with Crippen molar-refractivity contribution in [2.75, 3.05) is 12.3 Å². The minimum atomic E-state index is -0.122. The number of nitrogens with one attached hydrogen (secondary N) is 1. The lowest BCUT2D eigenvalue weighted by Gasteiger charge is -2.08. The normalized spacial score (nSPS) is 10.4. The smallest absolute Gasteiger partial charge is 0.251 e. The van der Waals surface area contributed by atoms with Crippen molar-refractivity contribution in [1.29, 1.82) is 0 Å². The van der Waals surface area contributed by atoms with E-state index in [4.69, 9.17) is 28.9 Å². The van der Waals surface area contributed by atoms with E-state index in [0.29, 0.717) is 34.3 Å². The first-order valence-electron chi connectivity index (χ1n) is 6.55. The molecule has 2 rings (SSSR count). The van der Waals surface area contributed by atoms with Crippen LogP contribution in [0.25, 0.3) is 0 Å². The van der Waals surface area contributed by atoms with Crippen LogP contribution in [0.15, 0.2) is 36.4 Å². The molecule has 1 amide bonds. The Balaban J connectivity index is 1.93. The van der Waals surface area contributed by atoms with Crippen LogP contribution in [0, 0.1) is 6.92 Å². The third kappa shape index (κ3) is 4.13. The maximum absolute atomic E-state index is 12.0. The van der Waals surface area contributed by atoms with Gasteiger partial charge in [0.1, 0.15) is 0 Å². The predicted molar refractivity (Wildman–Crippen MR) is 88.1 cm³/mol. The van der Waals surface area contributed by atoms with Gasteiger partial charge >= 0.3 is 0 Å². The lowest BCUT2D eigenvalue weighted by molar-refractivity contribution is 0.0954. The zero-order valence-corrected chi connectivity index (χ0v) is 13.1. The highest BCUT2D eigenvalue weighted by Gasteiger charge is 2.07. The molecule has 0 spiro atoms. The van der Waals surface area contributed by atoms with Crippen LogP contribution in [0.3, 0.4) is 0 Å². The number of aryl methyl sites for hydroxylation is 1. The molecule has 0 unspecified atom stereocenters. The summed E-state index contributed by atoms with van der Waals surface area (Å²) in [5.74, 6) is -0.122. The van der Waals surface area contributed by atoms with Gasteiger partial charge < -0.3 is 11.1 Å². The van der Waals surface area contributed by atoms with Crippen LogP contribution < -0.4 is 11.1 Å². The van der Waals surface area contributed by atoms with Crippen molar-refractivity contribution in [2.24, 2.45) is 0 Å². The molecule has 0 aliphatic heterocycles. The van der Waals surface area contributed by atoms with Gasteiger partial charge in [-0.25, -0.2) is 0 Å². The van der Waals surface area contributed by atoms with E-state index in [0.717, 1.165) is 11.1 Å². The number of carbonyl (C=O) groups excluding carboxylic acids is 1. The summed E-state index contributed by atoms with van der Waals surface area (Å²) in [6.45, 7) is 2.38. The molecule has 3 N–H and O–H groups in total. The van der Waals surface area contributed by atoms with Gasteiger partial charge in [0, 0.05) is 27.8 Å². The van der Waals surface area contributed by atoms with Crippen molar-refractivity contribution < 1.29 is 4.79 Å². The number of nitrogens with two attached hydrogens (primary N) is 1. The molecule has 0 radical (unpaired) electrons. The molecule has 0 atom stereocenters. The topological polar surface area (TPSA) is 55.1 Å². The minimum Gasteiger partial charge on any atom is -0.399 e. The lowest BCUT2D eigenvalue weighted by Crippen LogP contribution is -2.25. The van der Waals surface area contributed by atoms with Gasteiger partial charge in [-0.2, -0.15) is 0 Å². The molecule has 5 heteroatoms. The van der Waals surface area contributed by atoms with Crippen LogP contribution in [0.1, 0.15) is 21.5 Å². The molecule has 0 heterocycles. The van der Waals surface area contributed by atoms with Crippen molar-refractivity contribution in [3.63, 3.8) is 0 Å². The SMILES string of the molecule is Cc1cc(C(=O)NCCc2ccc(Cl)cc2Cl)ccc1N. The molecular weight excluding hydrogens is 307 g/mol. The number of hydrogen-bond donors (Lipinski definition) is 2. The second-order valence-electron chi connectivity index (χ2n) is 4.81. The largest absolute Gasteiger partial charge is 0.399 e. The van der Waals surface area contributed by atoms with Gasteiger partial charge in [0.25, 0.3) is 5.91 Å². The Hall–Kier alpha value is -1.71. The Kier molecular flexibility index (Phi) is 5.10. The molecule has 0 saturated carbocycles. The van der Waals surface area contributed by atoms with Gasteiger partial charge in [-0.15, -0.1) is 0 Å². The molecule has 0 aliphatic rings. The number of carbonyl (C=O) groups is 1. The van der Waals surface area contributed by atoms with E-state index >= 15 is 0 Å². The van der Waals surface area contributed by atoms with E-state index in [-0.39, 0.29) is 5.91 Å². The molecule has 0 fully saturated rings. The van der Waals surface area contributed by atoms with Crippen LogP contribution in [-0.2, 0) is 6.42 Å². The van der Waals surface area contributed by atoms with Crippen molar-refractivity contribution in [3.05, 3.63) is 63.1 Å². The van der Waals surface area contributed by atoms with Gasteiger partial charge in [0.2, 0.25) is 0 Å². The highest BCUT2D eigenvalue weighted by Crippen LogP contribution is 2.21. The summed E-state index contributed by atoms with van der Waals surface area (Å²) in [5, 5.41) is 4.08. The average Bonchev–Trinajstić information content (AvgIpc) is 2.44. The zero-order chi connectivity index (χ0) is 15.4. The van der Waals surface area contributed by atoms with Crippen LogP contribution in [0.5, 0.6) is 0 Å². The van der Waals surface area contributed by atoms with E-state index in [1.807, 2.05) is 13.0 Å². The fourth-order valence-corrected chi connectivity index (χ4v) is 2.46. The van der Waals surface area contributed by atoms with Gasteiger partial charge in [-0.05, 0) is 54.8 Å². The highest BCUT2D eigenvalue weighted by molar-refractivity contribution is 6.35. The van der Waals surface area contributed by atoms with Gasteiger partial charge in [0.05, 0.1) is 0 Å². The Labute approximate surface area is 134 Å². The maximum atomic E-state index is 12.0. The monoisotopic (exact) mass is 322 g/mol.